The standard InChI is InChI=1S/C18H30N4O3/c1-13(23)19-5-4-17(25)21-8-15-6-16(24)9-22(15)18(12-21)10-20(11-18)7-14-2-3-14/h14-16,24H,2-12H2,1H3,(H,19,23). The number of rotatable bonds is 5. The second kappa shape index (κ2) is 6.52. The predicted molar refractivity (Wildman–Crippen MR) is 92.9 cm³/mol. The average Bonchev–Trinajstić information content (AvgIpc) is 3.24. The quantitative estimate of drug-likeness (QED) is 0.683. The highest BCUT2D eigenvalue weighted by atomic mass is 16.3. The molecule has 7 nitrogen and oxygen atoms in total. The van der Waals surface area contributed by atoms with E-state index < -0.39 is 0 Å². The van der Waals surface area contributed by atoms with Gasteiger partial charge in [0.15, 0.2) is 0 Å². The van der Waals surface area contributed by atoms with Crippen LogP contribution in [0.5, 0.6) is 0 Å². The monoisotopic (exact) mass is 350 g/mol. The molecule has 0 radical (unpaired) electrons. The van der Waals surface area contributed by atoms with Crippen LogP contribution >= 0.6 is 0 Å². The van der Waals surface area contributed by atoms with Gasteiger partial charge in [0.25, 0.3) is 0 Å². The number of aliphatic hydroxyl groups is 1. The second-order valence-corrected chi connectivity index (χ2v) is 8.54. The van der Waals surface area contributed by atoms with Crippen LogP contribution in [0.25, 0.3) is 0 Å². The number of aliphatic hydroxyl groups excluding tert-OH is 1. The topological polar surface area (TPSA) is 76.1 Å². The van der Waals surface area contributed by atoms with Crippen LogP contribution in [0.3, 0.4) is 0 Å². The maximum Gasteiger partial charge on any atom is 0.224 e. The molecule has 2 N–H and O–H groups in total. The molecule has 2 atom stereocenters. The number of amides is 2. The summed E-state index contributed by atoms with van der Waals surface area (Å²) in [6.07, 6.45) is 3.58. The first kappa shape index (κ1) is 17.2. The van der Waals surface area contributed by atoms with Crippen LogP contribution < -0.4 is 5.32 Å². The summed E-state index contributed by atoms with van der Waals surface area (Å²) in [7, 11) is 0. The summed E-state index contributed by atoms with van der Waals surface area (Å²) in [5, 5.41) is 12.9. The van der Waals surface area contributed by atoms with E-state index in [0.29, 0.717) is 19.5 Å². The van der Waals surface area contributed by atoms with Crippen molar-refractivity contribution in [1.82, 2.24) is 20.0 Å². The first-order chi connectivity index (χ1) is 11.9. The minimum atomic E-state index is -0.270. The van der Waals surface area contributed by atoms with Gasteiger partial charge in [0.1, 0.15) is 0 Å². The number of nitrogens with zero attached hydrogens (tertiary/aromatic N) is 3. The summed E-state index contributed by atoms with van der Waals surface area (Å²) < 4.78 is 0. The van der Waals surface area contributed by atoms with Crippen LogP contribution in [0, 0.1) is 5.92 Å². The molecule has 4 rings (SSSR count). The smallest absolute Gasteiger partial charge is 0.224 e. The lowest BCUT2D eigenvalue weighted by atomic mass is 9.83. The Morgan fingerprint density at radius 2 is 1.96 bits per heavy atom. The number of likely N-dealkylation sites (tertiary alicyclic amines) is 1. The van der Waals surface area contributed by atoms with Crippen LogP contribution in [0.2, 0.25) is 0 Å². The molecule has 25 heavy (non-hydrogen) atoms. The Bertz CT molecular complexity index is 544. The van der Waals surface area contributed by atoms with E-state index in [1.807, 2.05) is 4.90 Å². The number of hydrogen-bond acceptors (Lipinski definition) is 5. The van der Waals surface area contributed by atoms with Gasteiger partial charge in [0, 0.05) is 65.2 Å². The molecule has 0 aromatic rings. The van der Waals surface area contributed by atoms with Crippen molar-refractivity contribution >= 4 is 11.8 Å². The highest BCUT2D eigenvalue weighted by Crippen LogP contribution is 2.41. The van der Waals surface area contributed by atoms with Gasteiger partial charge in [0.2, 0.25) is 11.8 Å². The van der Waals surface area contributed by atoms with Gasteiger partial charge in [-0.25, -0.2) is 0 Å². The summed E-state index contributed by atoms with van der Waals surface area (Å²) in [5.41, 5.74) is 0.0267. The second-order valence-electron chi connectivity index (χ2n) is 8.54. The fraction of sp³-hybridized carbons (Fsp3) is 0.889. The maximum absolute atomic E-state index is 12.6. The van der Waals surface area contributed by atoms with Crippen LogP contribution in [-0.4, -0.2) is 95.1 Å². The summed E-state index contributed by atoms with van der Waals surface area (Å²) in [6, 6.07) is 0.275. The molecule has 2 amide bonds. The maximum atomic E-state index is 12.6. The van der Waals surface area contributed by atoms with Gasteiger partial charge in [-0.05, 0) is 25.2 Å². The third kappa shape index (κ3) is 3.55. The number of piperazine rings is 1. The van der Waals surface area contributed by atoms with Crippen LogP contribution in [0.4, 0.5) is 0 Å². The van der Waals surface area contributed by atoms with E-state index in [9.17, 15) is 14.7 Å². The van der Waals surface area contributed by atoms with Gasteiger partial charge < -0.3 is 15.3 Å². The molecule has 4 fully saturated rings. The van der Waals surface area contributed by atoms with Crippen LogP contribution in [0.15, 0.2) is 0 Å². The minimum absolute atomic E-state index is 0.0267. The Morgan fingerprint density at radius 1 is 1.20 bits per heavy atom. The third-order valence-electron chi connectivity index (χ3n) is 6.23. The fourth-order valence-electron chi connectivity index (χ4n) is 4.97. The van der Waals surface area contributed by atoms with Gasteiger partial charge in [-0.3, -0.25) is 19.4 Å². The van der Waals surface area contributed by atoms with E-state index in [4.69, 9.17) is 0 Å². The van der Waals surface area contributed by atoms with Crippen LogP contribution in [-0.2, 0) is 9.59 Å². The van der Waals surface area contributed by atoms with E-state index in [-0.39, 0.29) is 29.5 Å². The van der Waals surface area contributed by atoms with Crippen molar-refractivity contribution in [2.45, 2.75) is 50.3 Å². The minimum Gasteiger partial charge on any atom is -0.392 e. The number of hydrogen-bond donors (Lipinski definition) is 2. The van der Waals surface area contributed by atoms with Crippen molar-refractivity contribution in [3.05, 3.63) is 0 Å². The van der Waals surface area contributed by atoms with E-state index in [2.05, 4.69) is 15.1 Å². The predicted octanol–water partition coefficient (Wildman–Crippen LogP) is -0.746. The normalized spacial score (nSPS) is 31.7. The molecule has 3 heterocycles. The SMILES string of the molecule is CC(=O)NCCC(=O)N1CC2CC(O)CN2C2(CN(CC3CC3)C2)C1. The molecule has 4 aliphatic rings. The number of carbonyl (C=O) groups is 2. The molecular weight excluding hydrogens is 320 g/mol. The van der Waals surface area contributed by atoms with E-state index in [1.165, 1.54) is 26.3 Å². The van der Waals surface area contributed by atoms with Gasteiger partial charge in [-0.1, -0.05) is 0 Å². The Hall–Kier alpha value is -1.18. The zero-order valence-corrected chi connectivity index (χ0v) is 15.1. The molecule has 0 aromatic heterocycles. The van der Waals surface area contributed by atoms with Gasteiger partial charge >= 0.3 is 0 Å². The van der Waals surface area contributed by atoms with Crippen molar-refractivity contribution < 1.29 is 14.7 Å². The zero-order chi connectivity index (χ0) is 17.6. The number of β-amino-alcohol motifs (C(OH)–C–C–N with tert-alkyl or cyclic N) is 1. The molecule has 0 aromatic carbocycles. The number of fused-ring (bicyclic) bond motifs is 2. The van der Waals surface area contributed by atoms with Gasteiger partial charge in [-0.15, -0.1) is 0 Å². The molecule has 1 aliphatic carbocycles. The van der Waals surface area contributed by atoms with Crippen molar-refractivity contribution in [3.8, 4) is 0 Å². The fourth-order valence-corrected chi connectivity index (χ4v) is 4.97. The first-order valence-corrected chi connectivity index (χ1v) is 9.64. The largest absolute Gasteiger partial charge is 0.392 e. The molecule has 3 saturated heterocycles. The Balaban J connectivity index is 1.39. The lowest BCUT2D eigenvalue weighted by Crippen LogP contribution is -2.78. The molecule has 0 bridgehead atoms. The lowest BCUT2D eigenvalue weighted by molar-refractivity contribution is -0.150. The molecule has 3 aliphatic heterocycles. The van der Waals surface area contributed by atoms with Crippen molar-refractivity contribution in [1.29, 1.82) is 0 Å². The summed E-state index contributed by atoms with van der Waals surface area (Å²) in [6.45, 7) is 7.32. The third-order valence-corrected chi connectivity index (χ3v) is 6.23. The van der Waals surface area contributed by atoms with E-state index in [1.54, 1.807) is 0 Å². The van der Waals surface area contributed by atoms with Crippen molar-refractivity contribution in [2.75, 3.05) is 45.8 Å². The van der Waals surface area contributed by atoms with Gasteiger partial charge in [-0.2, -0.15) is 0 Å². The Kier molecular flexibility index (Phi) is 4.50. The summed E-state index contributed by atoms with van der Waals surface area (Å²) in [5.74, 6) is 0.911. The van der Waals surface area contributed by atoms with Crippen molar-refractivity contribution in [3.63, 3.8) is 0 Å². The molecule has 140 valence electrons. The summed E-state index contributed by atoms with van der Waals surface area (Å²) >= 11 is 0. The molecular formula is C18H30N4O3. The Labute approximate surface area is 149 Å². The first-order valence-electron chi connectivity index (χ1n) is 9.64. The molecule has 7 heteroatoms. The summed E-state index contributed by atoms with van der Waals surface area (Å²) in [4.78, 5) is 30.6. The highest BCUT2D eigenvalue weighted by Gasteiger charge is 2.56. The van der Waals surface area contributed by atoms with E-state index >= 15 is 0 Å². The average molecular weight is 350 g/mol. The zero-order valence-electron chi connectivity index (χ0n) is 15.1. The Morgan fingerprint density at radius 3 is 2.64 bits per heavy atom. The number of carbonyl (C=O) groups excluding carboxylic acids is 2. The molecule has 2 unspecified atom stereocenters. The highest BCUT2D eigenvalue weighted by molar-refractivity contribution is 5.78. The lowest BCUT2D eigenvalue weighted by Gasteiger charge is -2.61. The molecule has 1 saturated carbocycles. The van der Waals surface area contributed by atoms with Gasteiger partial charge in [0.05, 0.1) is 11.6 Å². The molecule has 1 spiro atoms. The number of nitrogens with one attached hydrogen (secondary N) is 1. The van der Waals surface area contributed by atoms with Crippen LogP contribution in [0.1, 0.15) is 32.6 Å². The van der Waals surface area contributed by atoms with E-state index in [0.717, 1.165) is 38.5 Å². The van der Waals surface area contributed by atoms with Crippen molar-refractivity contribution in [2.24, 2.45) is 5.92 Å².